The van der Waals surface area contributed by atoms with Gasteiger partial charge in [-0.2, -0.15) is 0 Å². The third-order valence-electron chi connectivity index (χ3n) is 8.10. The molecule has 0 aromatic heterocycles. The van der Waals surface area contributed by atoms with Crippen LogP contribution in [-0.4, -0.2) is 17.9 Å². The van der Waals surface area contributed by atoms with Gasteiger partial charge in [0, 0.05) is 34.3 Å². The van der Waals surface area contributed by atoms with Gasteiger partial charge >= 0.3 is 5.97 Å². The molecule has 0 spiro atoms. The van der Waals surface area contributed by atoms with Crippen LogP contribution in [0.2, 0.25) is 5.02 Å². The molecule has 3 aromatic carbocycles. The number of esters is 1. The molecule has 1 saturated carbocycles. The van der Waals surface area contributed by atoms with Crippen molar-refractivity contribution in [1.29, 1.82) is 0 Å². The first-order valence-electron chi connectivity index (χ1n) is 13.2. The molecule has 188 valence electrons. The highest BCUT2D eigenvalue weighted by Crippen LogP contribution is 2.47. The maximum atomic E-state index is 13.9. The van der Waals surface area contributed by atoms with Crippen molar-refractivity contribution in [2.24, 2.45) is 0 Å². The van der Waals surface area contributed by atoms with E-state index >= 15 is 0 Å². The number of Topliss-reactive ketones (excluding diaryl/α,β-unsaturated/α-hetero) is 1. The van der Waals surface area contributed by atoms with E-state index in [1.807, 2.05) is 49.4 Å². The lowest BCUT2D eigenvalue weighted by Gasteiger charge is -2.37. The second-order valence-corrected chi connectivity index (χ2v) is 10.9. The van der Waals surface area contributed by atoms with Crippen molar-refractivity contribution in [2.75, 3.05) is 0 Å². The summed E-state index contributed by atoms with van der Waals surface area (Å²) in [5, 5.41) is 6.30. The summed E-state index contributed by atoms with van der Waals surface area (Å²) in [6.07, 6.45) is 5.02. The summed E-state index contributed by atoms with van der Waals surface area (Å²) in [6, 6.07) is 22.1. The Kier molecular flexibility index (Phi) is 6.37. The number of carbonyl (C=O) groups is 2. The van der Waals surface area contributed by atoms with E-state index in [9.17, 15) is 9.59 Å². The number of benzene rings is 3. The minimum Gasteiger partial charge on any atom is -0.459 e. The van der Waals surface area contributed by atoms with Crippen molar-refractivity contribution in [3.05, 3.63) is 105 Å². The Morgan fingerprint density at radius 1 is 0.946 bits per heavy atom. The van der Waals surface area contributed by atoms with E-state index in [4.69, 9.17) is 16.3 Å². The van der Waals surface area contributed by atoms with Crippen LogP contribution >= 0.6 is 11.6 Å². The van der Waals surface area contributed by atoms with Crippen LogP contribution in [0.5, 0.6) is 0 Å². The average molecular weight is 512 g/mol. The maximum Gasteiger partial charge on any atom is 0.337 e. The molecule has 0 radical (unpaired) electrons. The molecule has 1 heterocycles. The zero-order chi connectivity index (χ0) is 25.5. The second-order valence-electron chi connectivity index (χ2n) is 10.4. The molecular weight excluding hydrogens is 482 g/mol. The van der Waals surface area contributed by atoms with Crippen LogP contribution < -0.4 is 5.32 Å². The fourth-order valence-corrected chi connectivity index (χ4v) is 6.44. The van der Waals surface area contributed by atoms with Crippen molar-refractivity contribution in [2.45, 2.75) is 63.4 Å². The minimum atomic E-state index is -0.463. The highest BCUT2D eigenvalue weighted by Gasteiger charge is 2.42. The van der Waals surface area contributed by atoms with Gasteiger partial charge in [0.25, 0.3) is 0 Å². The zero-order valence-corrected chi connectivity index (χ0v) is 21.7. The molecule has 6 rings (SSSR count). The lowest BCUT2D eigenvalue weighted by Crippen LogP contribution is -2.36. The fourth-order valence-electron chi connectivity index (χ4n) is 6.31. The van der Waals surface area contributed by atoms with Crippen LogP contribution in [0, 0.1) is 0 Å². The number of hydrogen-bond acceptors (Lipinski definition) is 4. The van der Waals surface area contributed by atoms with E-state index < -0.39 is 5.92 Å². The normalized spacial score (nSPS) is 22.3. The van der Waals surface area contributed by atoms with Gasteiger partial charge in [0.15, 0.2) is 5.78 Å². The van der Waals surface area contributed by atoms with E-state index in [0.717, 1.165) is 59.0 Å². The van der Waals surface area contributed by atoms with Crippen molar-refractivity contribution in [1.82, 2.24) is 5.32 Å². The Morgan fingerprint density at radius 3 is 2.46 bits per heavy atom. The molecule has 1 fully saturated rings. The third kappa shape index (κ3) is 4.48. The van der Waals surface area contributed by atoms with Crippen LogP contribution in [0.3, 0.4) is 0 Å². The number of ketones is 1. The summed E-state index contributed by atoms with van der Waals surface area (Å²) in [4.78, 5) is 27.6. The number of allylic oxidation sites excluding steroid dienone is 3. The first kappa shape index (κ1) is 24.0. The molecule has 5 heteroatoms. The lowest BCUT2D eigenvalue weighted by molar-refractivity contribution is -0.144. The highest BCUT2D eigenvalue weighted by molar-refractivity contribution is 6.30. The molecule has 0 bridgehead atoms. The van der Waals surface area contributed by atoms with E-state index in [1.54, 1.807) is 0 Å². The monoisotopic (exact) mass is 511 g/mol. The van der Waals surface area contributed by atoms with Gasteiger partial charge in [-0.15, -0.1) is 0 Å². The molecule has 0 unspecified atom stereocenters. The van der Waals surface area contributed by atoms with E-state index in [2.05, 4.69) is 29.6 Å². The van der Waals surface area contributed by atoms with Crippen molar-refractivity contribution in [3.8, 4) is 0 Å². The first-order valence-corrected chi connectivity index (χ1v) is 13.6. The number of halogens is 1. The van der Waals surface area contributed by atoms with Crippen molar-refractivity contribution in [3.63, 3.8) is 0 Å². The SMILES string of the molecule is CC1=C(C(=O)OC2CCCC2)[C@H](c2cccc3ccccc23)C2=C(C[C@@H](c3ccc(Cl)cc3)CC2=O)N1. The molecule has 0 amide bonds. The molecule has 2 atom stereocenters. The number of carbonyl (C=O) groups excluding carboxylic acids is 2. The number of nitrogens with one attached hydrogen (secondary N) is 1. The second kappa shape index (κ2) is 9.83. The Balaban J connectivity index is 1.46. The molecule has 0 saturated heterocycles. The fraction of sp³-hybridized carbons (Fsp3) is 0.312. The first-order chi connectivity index (χ1) is 18.0. The quantitative estimate of drug-likeness (QED) is 0.372. The van der Waals surface area contributed by atoms with Gasteiger partial charge in [-0.25, -0.2) is 4.79 Å². The van der Waals surface area contributed by atoms with Crippen LogP contribution in [0.25, 0.3) is 10.8 Å². The van der Waals surface area contributed by atoms with E-state index in [1.165, 1.54) is 0 Å². The summed E-state index contributed by atoms with van der Waals surface area (Å²) < 4.78 is 6.02. The van der Waals surface area contributed by atoms with Crippen molar-refractivity contribution < 1.29 is 14.3 Å². The summed E-state index contributed by atoms with van der Waals surface area (Å²) in [5.74, 6) is -0.641. The molecule has 37 heavy (non-hydrogen) atoms. The standard InChI is InChI=1S/C32H30ClNO3/c1-19-29(32(36)37-24-9-3-4-10-24)30(26-12-6-8-21-7-2-5-11-25(21)26)31-27(34-19)17-22(18-28(31)35)20-13-15-23(33)16-14-20/h2,5-8,11-16,22,24,30,34H,3-4,9-10,17-18H2,1H3/t22-,30+/m1/s1. The molecule has 2 aliphatic carbocycles. The predicted octanol–water partition coefficient (Wildman–Crippen LogP) is 7.34. The summed E-state index contributed by atoms with van der Waals surface area (Å²) >= 11 is 6.11. The largest absolute Gasteiger partial charge is 0.459 e. The van der Waals surface area contributed by atoms with E-state index in [-0.39, 0.29) is 23.8 Å². The topological polar surface area (TPSA) is 55.4 Å². The third-order valence-corrected chi connectivity index (χ3v) is 8.35. The molecule has 1 N–H and O–H groups in total. The van der Waals surface area contributed by atoms with Crippen molar-refractivity contribution >= 4 is 34.1 Å². The highest BCUT2D eigenvalue weighted by atomic mass is 35.5. The van der Waals surface area contributed by atoms with Crippen LogP contribution in [0.1, 0.15) is 68.4 Å². The van der Waals surface area contributed by atoms with Gasteiger partial charge < -0.3 is 10.1 Å². The number of ether oxygens (including phenoxy) is 1. The molecular formula is C32H30ClNO3. The smallest absolute Gasteiger partial charge is 0.337 e. The molecule has 1 aliphatic heterocycles. The predicted molar refractivity (Wildman–Crippen MR) is 146 cm³/mol. The Bertz CT molecular complexity index is 1440. The van der Waals surface area contributed by atoms with E-state index in [0.29, 0.717) is 29.0 Å². The van der Waals surface area contributed by atoms with Gasteiger partial charge in [0.05, 0.1) is 5.57 Å². The molecule has 4 nitrogen and oxygen atoms in total. The Hall–Kier alpha value is -3.37. The summed E-state index contributed by atoms with van der Waals surface area (Å²) in [5.41, 5.74) is 5.00. The molecule has 3 aromatic rings. The molecule has 3 aliphatic rings. The van der Waals surface area contributed by atoms with Crippen LogP contribution in [0.4, 0.5) is 0 Å². The number of hydrogen-bond donors (Lipinski definition) is 1. The lowest BCUT2D eigenvalue weighted by atomic mass is 9.71. The summed E-state index contributed by atoms with van der Waals surface area (Å²) in [7, 11) is 0. The zero-order valence-electron chi connectivity index (χ0n) is 20.9. The van der Waals surface area contributed by atoms with Gasteiger partial charge in [0.2, 0.25) is 0 Å². The van der Waals surface area contributed by atoms with Crippen LogP contribution in [-0.2, 0) is 14.3 Å². The Morgan fingerprint density at radius 2 is 1.68 bits per heavy atom. The average Bonchev–Trinajstić information content (AvgIpc) is 3.41. The van der Waals surface area contributed by atoms with Crippen LogP contribution in [0.15, 0.2) is 89.3 Å². The number of rotatable bonds is 4. The maximum absolute atomic E-state index is 13.9. The Labute approximate surface area is 222 Å². The number of fused-ring (bicyclic) bond motifs is 1. The minimum absolute atomic E-state index is 0.0484. The van der Waals surface area contributed by atoms with Gasteiger partial charge in [0.1, 0.15) is 6.10 Å². The van der Waals surface area contributed by atoms with Gasteiger partial charge in [-0.1, -0.05) is 66.2 Å². The van der Waals surface area contributed by atoms with Gasteiger partial charge in [-0.3, -0.25) is 4.79 Å². The van der Waals surface area contributed by atoms with Gasteiger partial charge in [-0.05, 0) is 79.0 Å². The number of dihydropyridines is 1. The summed E-state index contributed by atoms with van der Waals surface area (Å²) in [6.45, 7) is 1.93.